The minimum Gasteiger partial charge on any atom is -0.464 e. The molecule has 0 atom stereocenters. The van der Waals surface area contributed by atoms with E-state index in [0.29, 0.717) is 13.0 Å². The van der Waals surface area contributed by atoms with Gasteiger partial charge in [0.05, 0.1) is 12.7 Å². The van der Waals surface area contributed by atoms with Crippen LogP contribution >= 0.6 is 11.6 Å². The van der Waals surface area contributed by atoms with Crippen molar-refractivity contribution in [2.75, 3.05) is 7.05 Å². The van der Waals surface area contributed by atoms with Crippen molar-refractivity contribution >= 4 is 28.5 Å². The standard InChI is InChI=1S/C20H20ClNO2/c1-13-9-17-19(14(2)20(13)21)16(12-24-17)10-18(23)22(3)11-15-7-5-4-6-8-15/h4-9,12H,10-11H2,1-3H3. The van der Waals surface area contributed by atoms with E-state index in [9.17, 15) is 4.79 Å². The van der Waals surface area contributed by atoms with E-state index in [-0.39, 0.29) is 5.91 Å². The number of benzene rings is 2. The summed E-state index contributed by atoms with van der Waals surface area (Å²) < 4.78 is 5.64. The normalized spacial score (nSPS) is 11.0. The van der Waals surface area contributed by atoms with Crippen molar-refractivity contribution in [1.29, 1.82) is 0 Å². The van der Waals surface area contributed by atoms with Crippen molar-refractivity contribution in [3.8, 4) is 0 Å². The van der Waals surface area contributed by atoms with Gasteiger partial charge in [0.1, 0.15) is 5.58 Å². The highest BCUT2D eigenvalue weighted by Gasteiger charge is 2.17. The van der Waals surface area contributed by atoms with Crippen LogP contribution in [0.2, 0.25) is 5.02 Å². The number of fused-ring (bicyclic) bond motifs is 1. The molecular weight excluding hydrogens is 322 g/mol. The Morgan fingerprint density at radius 2 is 1.92 bits per heavy atom. The summed E-state index contributed by atoms with van der Waals surface area (Å²) in [5.74, 6) is 0.0534. The van der Waals surface area contributed by atoms with Gasteiger partial charge in [-0.2, -0.15) is 0 Å². The molecule has 1 amide bonds. The van der Waals surface area contributed by atoms with Crippen LogP contribution in [0.15, 0.2) is 47.1 Å². The number of hydrogen-bond acceptors (Lipinski definition) is 2. The van der Waals surface area contributed by atoms with Gasteiger partial charge < -0.3 is 9.32 Å². The molecule has 124 valence electrons. The van der Waals surface area contributed by atoms with Crippen LogP contribution in [0, 0.1) is 13.8 Å². The van der Waals surface area contributed by atoms with Crippen molar-refractivity contribution in [3.63, 3.8) is 0 Å². The van der Waals surface area contributed by atoms with E-state index in [1.807, 2.05) is 57.3 Å². The molecule has 3 nitrogen and oxygen atoms in total. The fraction of sp³-hybridized carbons (Fsp3) is 0.250. The van der Waals surface area contributed by atoms with Gasteiger partial charge in [0.25, 0.3) is 0 Å². The SMILES string of the molecule is Cc1cc2occ(CC(=O)N(C)Cc3ccccc3)c2c(C)c1Cl. The lowest BCUT2D eigenvalue weighted by Crippen LogP contribution is -2.27. The van der Waals surface area contributed by atoms with Crippen molar-refractivity contribution in [3.05, 3.63) is 69.9 Å². The summed E-state index contributed by atoms with van der Waals surface area (Å²) in [4.78, 5) is 14.3. The van der Waals surface area contributed by atoms with Gasteiger partial charge in [0.2, 0.25) is 5.91 Å². The van der Waals surface area contributed by atoms with Crippen LogP contribution < -0.4 is 0 Å². The molecule has 3 aromatic rings. The molecule has 0 aliphatic heterocycles. The van der Waals surface area contributed by atoms with Gasteiger partial charge in [-0.1, -0.05) is 41.9 Å². The molecule has 0 aliphatic carbocycles. The topological polar surface area (TPSA) is 33.5 Å². The lowest BCUT2D eigenvalue weighted by Gasteiger charge is -2.17. The molecule has 4 heteroatoms. The quantitative estimate of drug-likeness (QED) is 0.676. The van der Waals surface area contributed by atoms with E-state index in [1.165, 1.54) is 0 Å². The van der Waals surface area contributed by atoms with Crippen LogP contribution in [0.25, 0.3) is 11.0 Å². The third kappa shape index (κ3) is 3.17. The summed E-state index contributed by atoms with van der Waals surface area (Å²) in [6.07, 6.45) is 1.97. The average molecular weight is 342 g/mol. The Hall–Kier alpha value is -2.26. The summed E-state index contributed by atoms with van der Waals surface area (Å²) >= 11 is 6.35. The van der Waals surface area contributed by atoms with E-state index in [0.717, 1.165) is 38.2 Å². The van der Waals surface area contributed by atoms with E-state index < -0.39 is 0 Å². The van der Waals surface area contributed by atoms with Gasteiger partial charge in [-0.05, 0) is 36.6 Å². The second-order valence-corrected chi connectivity index (χ2v) is 6.56. The van der Waals surface area contributed by atoms with Gasteiger partial charge >= 0.3 is 0 Å². The van der Waals surface area contributed by atoms with Crippen LogP contribution in [-0.4, -0.2) is 17.9 Å². The lowest BCUT2D eigenvalue weighted by molar-refractivity contribution is -0.129. The zero-order valence-electron chi connectivity index (χ0n) is 14.1. The maximum atomic E-state index is 12.6. The largest absolute Gasteiger partial charge is 0.464 e. The fourth-order valence-corrected chi connectivity index (χ4v) is 3.13. The Balaban J connectivity index is 1.82. The Bertz CT molecular complexity index is 884. The maximum absolute atomic E-state index is 12.6. The fourth-order valence-electron chi connectivity index (χ4n) is 2.98. The number of carbonyl (C=O) groups is 1. The first-order valence-electron chi connectivity index (χ1n) is 7.91. The molecule has 0 fully saturated rings. The molecule has 0 N–H and O–H groups in total. The number of halogens is 1. The minimum absolute atomic E-state index is 0.0534. The van der Waals surface area contributed by atoms with Crippen molar-refractivity contribution in [1.82, 2.24) is 4.90 Å². The molecule has 0 aliphatic rings. The summed E-state index contributed by atoms with van der Waals surface area (Å²) in [5, 5.41) is 1.68. The third-order valence-corrected chi connectivity index (χ3v) is 4.91. The van der Waals surface area contributed by atoms with Crippen molar-refractivity contribution in [2.24, 2.45) is 0 Å². The molecule has 0 spiro atoms. The molecule has 1 heterocycles. The van der Waals surface area contributed by atoms with Crippen LogP contribution in [0.1, 0.15) is 22.3 Å². The molecule has 1 aromatic heterocycles. The second kappa shape index (κ2) is 6.70. The van der Waals surface area contributed by atoms with E-state index in [2.05, 4.69) is 0 Å². The predicted octanol–water partition coefficient (Wildman–Crippen LogP) is 4.90. The maximum Gasteiger partial charge on any atom is 0.227 e. The molecule has 0 saturated carbocycles. The summed E-state index contributed by atoms with van der Waals surface area (Å²) in [7, 11) is 1.82. The van der Waals surface area contributed by atoms with Crippen LogP contribution in [0.5, 0.6) is 0 Å². The first kappa shape index (κ1) is 16.6. The number of hydrogen-bond donors (Lipinski definition) is 0. The van der Waals surface area contributed by atoms with Crippen LogP contribution in [0.4, 0.5) is 0 Å². The van der Waals surface area contributed by atoms with Gasteiger partial charge in [-0.3, -0.25) is 4.79 Å². The highest BCUT2D eigenvalue weighted by atomic mass is 35.5. The Morgan fingerprint density at radius 1 is 1.21 bits per heavy atom. The van der Waals surface area contributed by atoms with Crippen molar-refractivity contribution < 1.29 is 9.21 Å². The highest BCUT2D eigenvalue weighted by Crippen LogP contribution is 2.32. The number of aryl methyl sites for hydroxylation is 2. The zero-order chi connectivity index (χ0) is 17.3. The van der Waals surface area contributed by atoms with E-state index >= 15 is 0 Å². The first-order valence-corrected chi connectivity index (χ1v) is 8.29. The zero-order valence-corrected chi connectivity index (χ0v) is 14.9. The summed E-state index contributed by atoms with van der Waals surface area (Å²) in [6, 6.07) is 11.9. The first-order chi connectivity index (χ1) is 11.5. The van der Waals surface area contributed by atoms with E-state index in [4.69, 9.17) is 16.0 Å². The van der Waals surface area contributed by atoms with Gasteiger partial charge in [0, 0.05) is 29.6 Å². The molecule has 0 unspecified atom stereocenters. The molecule has 24 heavy (non-hydrogen) atoms. The van der Waals surface area contributed by atoms with Gasteiger partial charge in [-0.15, -0.1) is 0 Å². The number of likely N-dealkylation sites (N-methyl/N-ethyl adjacent to an activating group) is 1. The molecule has 3 rings (SSSR count). The smallest absolute Gasteiger partial charge is 0.227 e. The van der Waals surface area contributed by atoms with Crippen LogP contribution in [0.3, 0.4) is 0 Å². The predicted molar refractivity (Wildman–Crippen MR) is 97.3 cm³/mol. The second-order valence-electron chi connectivity index (χ2n) is 6.18. The van der Waals surface area contributed by atoms with Crippen molar-refractivity contribution in [2.45, 2.75) is 26.8 Å². The molecule has 0 radical (unpaired) electrons. The lowest BCUT2D eigenvalue weighted by atomic mass is 10.0. The number of nitrogens with zero attached hydrogens (tertiary/aromatic N) is 1. The molecular formula is C20H20ClNO2. The van der Waals surface area contributed by atoms with Crippen LogP contribution in [-0.2, 0) is 17.8 Å². The monoisotopic (exact) mass is 341 g/mol. The molecule has 0 bridgehead atoms. The molecule has 0 saturated heterocycles. The Kier molecular flexibility index (Phi) is 4.63. The summed E-state index contributed by atoms with van der Waals surface area (Å²) in [5.41, 5.74) is 4.72. The highest BCUT2D eigenvalue weighted by molar-refractivity contribution is 6.33. The number of rotatable bonds is 4. The number of amides is 1. The van der Waals surface area contributed by atoms with Gasteiger partial charge in [0.15, 0.2) is 0 Å². The minimum atomic E-state index is 0.0534. The average Bonchev–Trinajstić information content (AvgIpc) is 2.96. The Morgan fingerprint density at radius 3 is 2.62 bits per heavy atom. The van der Waals surface area contributed by atoms with Gasteiger partial charge in [-0.25, -0.2) is 0 Å². The van der Waals surface area contributed by atoms with E-state index in [1.54, 1.807) is 11.2 Å². The molecule has 2 aromatic carbocycles. The number of carbonyl (C=O) groups excluding carboxylic acids is 1. The summed E-state index contributed by atoms with van der Waals surface area (Å²) in [6.45, 7) is 4.51. The number of furan rings is 1. The third-order valence-electron chi connectivity index (χ3n) is 4.32. The Labute approximate surface area is 146 Å².